The number of rotatable bonds is 10. The van der Waals surface area contributed by atoms with Gasteiger partial charge in [0.1, 0.15) is 178 Å². The van der Waals surface area contributed by atoms with Crippen LogP contribution in [0.5, 0.6) is 0 Å². The topological polar surface area (TPSA) is 572 Å². The van der Waals surface area contributed by atoms with Crippen molar-refractivity contribution >= 4 is 6.09 Å². The van der Waals surface area contributed by atoms with Crippen LogP contribution in [-0.2, 0) is 77.7 Å². The average molecular weight is 1270 g/mol. The lowest BCUT2D eigenvalue weighted by molar-refractivity contribution is -0.396. The van der Waals surface area contributed by atoms with Gasteiger partial charge in [0.2, 0.25) is 0 Å². The lowest BCUT2D eigenvalue weighted by Gasteiger charge is -2.50. The molecule has 21 fully saturated rings. The predicted octanol–water partition coefficient (Wildman–Crippen LogP) is -13.3. The van der Waals surface area contributed by atoms with Crippen LogP contribution in [0, 0.1) is 0 Å². The molecular weight excluding hydrogens is 1190 g/mol. The van der Waals surface area contributed by atoms with Crippen LogP contribution in [0.15, 0.2) is 30.3 Å². The quantitative estimate of drug-likeness (QED) is 0.103. The van der Waals surface area contributed by atoms with Crippen LogP contribution in [0.25, 0.3) is 0 Å². The van der Waals surface area contributed by atoms with E-state index in [2.05, 4.69) is 5.32 Å². The van der Waals surface area contributed by atoms with Gasteiger partial charge in [-0.1, -0.05) is 30.3 Å². The first-order chi connectivity index (χ1) is 41.6. The fourth-order valence-corrected chi connectivity index (χ4v) is 11.4. The van der Waals surface area contributed by atoms with E-state index in [0.717, 1.165) is 0 Å². The Balaban J connectivity index is 1.01. The zero-order valence-corrected chi connectivity index (χ0v) is 45.7. The lowest BCUT2D eigenvalue weighted by atomic mass is 9.95. The molecule has 1 amide bonds. The number of aliphatic hydroxyl groups excluding tert-OH is 20. The van der Waals surface area contributed by atoms with Gasteiger partial charge in [-0.3, -0.25) is 0 Å². The van der Waals surface area contributed by atoms with Gasteiger partial charge in [-0.25, -0.2) is 4.79 Å². The summed E-state index contributed by atoms with van der Waals surface area (Å²) in [5.74, 6) is 0. The van der Waals surface area contributed by atoms with Crippen LogP contribution in [0.4, 0.5) is 4.79 Å². The molecule has 37 nitrogen and oxygen atoms in total. The van der Waals surface area contributed by atoms with E-state index in [0.29, 0.717) is 5.56 Å². The van der Waals surface area contributed by atoms with E-state index >= 15 is 0 Å². The van der Waals surface area contributed by atoms with Gasteiger partial charge in [0.25, 0.3) is 0 Å². The summed E-state index contributed by atoms with van der Waals surface area (Å²) in [6, 6.07) is 8.38. The van der Waals surface area contributed by atoms with Crippen LogP contribution in [-0.4, -0.2) is 369 Å². The fraction of sp³-hybridized carbons (Fsp3) is 0.860. The van der Waals surface area contributed by atoms with E-state index in [1.165, 1.54) is 0 Å². The summed E-state index contributed by atoms with van der Waals surface area (Å²) in [6.45, 7) is -7.35. The van der Waals surface area contributed by atoms with Crippen molar-refractivity contribution < 1.29 is 178 Å². The fourth-order valence-electron chi connectivity index (χ4n) is 11.4. The summed E-state index contributed by atoms with van der Waals surface area (Å²) in [5.41, 5.74) is 0.572. The van der Waals surface area contributed by atoms with Gasteiger partial charge in [-0.15, -0.1) is 0 Å². The lowest BCUT2D eigenvalue weighted by Crippen LogP contribution is -2.68. The maximum Gasteiger partial charge on any atom is 0.407 e. The summed E-state index contributed by atoms with van der Waals surface area (Å²) in [4.78, 5) is 13.1. The summed E-state index contributed by atoms with van der Waals surface area (Å²) in [6.07, 6.45) is -72.5. The van der Waals surface area contributed by atoms with Gasteiger partial charge in [-0.2, -0.15) is 0 Å². The maximum absolute atomic E-state index is 13.1. The third-order valence-corrected chi connectivity index (χ3v) is 16.3. The molecule has 1 aromatic carbocycles. The molecule has 21 saturated heterocycles. The number of ether oxygens (including phenoxy) is 15. The van der Waals surface area contributed by atoms with Gasteiger partial charge in [0.15, 0.2) is 44.0 Å². The van der Waals surface area contributed by atoms with E-state index in [-0.39, 0.29) is 6.61 Å². The molecule has 37 heteroatoms. The van der Waals surface area contributed by atoms with Crippen molar-refractivity contribution in [3.8, 4) is 0 Å². The van der Waals surface area contributed by atoms with Crippen LogP contribution < -0.4 is 5.32 Å². The minimum Gasteiger partial charge on any atom is -0.445 e. The number of aliphatic hydroxyl groups is 20. The third kappa shape index (κ3) is 14.4. The first-order valence-electron chi connectivity index (χ1n) is 27.9. The summed E-state index contributed by atoms with van der Waals surface area (Å²) in [5, 5.41) is 226. The van der Waals surface area contributed by atoms with Crippen LogP contribution in [0.1, 0.15) is 5.56 Å². The van der Waals surface area contributed by atoms with Crippen molar-refractivity contribution in [1.29, 1.82) is 0 Å². The van der Waals surface area contributed by atoms with Crippen molar-refractivity contribution in [2.24, 2.45) is 0 Å². The molecule has 21 heterocycles. The number of carbonyl (C=O) groups excluding carboxylic acids is 1. The van der Waals surface area contributed by atoms with Crippen molar-refractivity contribution in [2.75, 3.05) is 46.2 Å². The van der Waals surface area contributed by atoms with E-state index in [1.807, 2.05) is 0 Å². The van der Waals surface area contributed by atoms with Crippen molar-refractivity contribution in [3.05, 3.63) is 35.9 Å². The zero-order chi connectivity index (χ0) is 62.9. The second-order valence-corrected chi connectivity index (χ2v) is 21.9. The molecule has 0 saturated carbocycles. The molecule has 1 aromatic rings. The van der Waals surface area contributed by atoms with Gasteiger partial charge < -0.3 is 179 Å². The highest BCUT2D eigenvalue weighted by Gasteiger charge is 2.59. The molecule has 0 radical (unpaired) electrons. The Morgan fingerprint density at radius 2 is 0.517 bits per heavy atom. The van der Waals surface area contributed by atoms with E-state index in [9.17, 15) is 107 Å². The molecule has 0 aromatic heterocycles. The van der Waals surface area contributed by atoms with E-state index in [4.69, 9.17) is 71.1 Å². The Morgan fingerprint density at radius 1 is 0.310 bits per heavy atom. The second kappa shape index (κ2) is 29.8. The van der Waals surface area contributed by atoms with E-state index in [1.54, 1.807) is 30.3 Å². The summed E-state index contributed by atoms with van der Waals surface area (Å²) in [7, 11) is 0. The first kappa shape index (κ1) is 68.5. The maximum atomic E-state index is 13.1. The number of hydrogen-bond acceptors (Lipinski definition) is 36. The number of benzene rings is 1. The van der Waals surface area contributed by atoms with Crippen molar-refractivity contribution in [3.63, 3.8) is 0 Å². The van der Waals surface area contributed by atoms with Crippen molar-refractivity contribution in [1.82, 2.24) is 5.32 Å². The van der Waals surface area contributed by atoms with Crippen LogP contribution in [0.2, 0.25) is 0 Å². The Kier molecular flexibility index (Phi) is 23.5. The highest BCUT2D eigenvalue weighted by atomic mass is 16.8. The van der Waals surface area contributed by atoms with E-state index < -0.39 is 267 Å². The standard InChI is InChI=1S/C50H77NO36/c52-7-16-37-24(60)31(67)45(76-16)84-39-18(9-54)78-47(33(69)26(39)62)86-41-20(11-56)80-49(35(71)28(41)64)87-42-21(12-57)79-48(34(70)27(42)63)85-40-19(10-55)77-46(32(68)25(40)61)83-38-17(8-53)75-44(30(66)23(38)59)81-36-15(74-43(82-37)29(65)22(36)58)6-51-50(72)73-13-14-4-2-1-3-5-14/h1-5,15-49,52-71H,6-13H2,(H,51,72)/t15-,16+,17-,18+,19-,20+,21-,22+,23+,24-,25+,26+,27+,28+,29+,30+,31-,32+,33-,34+,35+,36+,37+,38+,39+,40+,41+,42+,43+,44+,45+,46+,47+,48+,49+/m0/s1. The summed E-state index contributed by atoms with van der Waals surface area (Å²) < 4.78 is 86.1. The Hall–Kier alpha value is -2.87. The molecular formula is C50H77NO36. The molecule has 0 spiro atoms. The summed E-state index contributed by atoms with van der Waals surface area (Å²) >= 11 is 0. The molecule has 21 aliphatic rings. The van der Waals surface area contributed by atoms with Crippen LogP contribution >= 0.6 is 0 Å². The number of amides is 1. The monoisotopic (exact) mass is 1270 g/mol. The highest BCUT2D eigenvalue weighted by Crippen LogP contribution is 2.39. The number of nitrogens with one attached hydrogen (secondary N) is 1. The molecule has 0 aliphatic carbocycles. The SMILES string of the molecule is O=C(NC[C@@H]1O[C@@H]2O[C@H]3[C@@H](O)[C@H](O)[C@@H](O[C@H]4[C@H](O)[C@H](O)[C@@H](O[C@H]5[C@H](O)[C@@H](O)[C@@H](O[C@H]6[C@H](O)[C@@H](O)[C@@H](O[C@H]7[C@H](O)[C@@H](O)[C@@H](O[C@H]8[C@H](O)[C@@H](O)[C@@H](O[C@H]1[C@H](O)[C@H]2O)O[C@H]8CO)O[C@H]7CO)O[C@H]6CO)O[C@@H]5CO)O[C@@H]4CO)O[C@@H]3CO)OCc1ccccc1. The number of hydrogen-bond donors (Lipinski definition) is 21. The zero-order valence-electron chi connectivity index (χ0n) is 45.7. The number of alkyl carbamates (subject to hydrolysis) is 1. The Morgan fingerprint density at radius 3 is 0.736 bits per heavy atom. The molecule has 14 bridgehead atoms. The average Bonchev–Trinajstić information content (AvgIpc) is 1.73. The minimum absolute atomic E-state index is 0.238. The molecule has 0 unspecified atom stereocenters. The smallest absolute Gasteiger partial charge is 0.407 e. The largest absolute Gasteiger partial charge is 0.445 e. The van der Waals surface area contributed by atoms with Gasteiger partial charge in [-0.05, 0) is 5.56 Å². The Bertz CT molecular complexity index is 2280. The first-order valence-corrected chi connectivity index (χ1v) is 27.9. The number of carbonyl (C=O) groups is 1. The molecule has 22 rings (SSSR count). The predicted molar refractivity (Wildman–Crippen MR) is 266 cm³/mol. The molecule has 35 atom stereocenters. The molecule has 21 N–H and O–H groups in total. The molecule has 498 valence electrons. The minimum atomic E-state index is -2.27. The molecule has 21 aliphatic heterocycles. The molecule has 87 heavy (non-hydrogen) atoms. The van der Waals surface area contributed by atoms with Crippen molar-refractivity contribution in [2.45, 2.75) is 222 Å². The Labute approximate surface area is 492 Å². The second-order valence-electron chi connectivity index (χ2n) is 21.9. The van der Waals surface area contributed by atoms with Gasteiger partial charge in [0, 0.05) is 6.54 Å². The van der Waals surface area contributed by atoms with Gasteiger partial charge >= 0.3 is 6.09 Å². The van der Waals surface area contributed by atoms with Gasteiger partial charge in [0.05, 0.1) is 39.6 Å². The normalized spacial score (nSPS) is 50.2. The third-order valence-electron chi connectivity index (χ3n) is 16.3. The highest BCUT2D eigenvalue weighted by molar-refractivity contribution is 5.67. The van der Waals surface area contributed by atoms with Crippen LogP contribution in [0.3, 0.4) is 0 Å².